The number of nitrogen functional groups attached to an aromatic ring is 1. The van der Waals surface area contributed by atoms with E-state index >= 15 is 0 Å². The van der Waals surface area contributed by atoms with E-state index < -0.39 is 19.9 Å². The number of nitrogens with zero attached hydrogens (tertiary/aromatic N) is 3. The number of nitrogens with two attached hydrogens (primary N) is 1. The van der Waals surface area contributed by atoms with E-state index in [1.165, 1.54) is 31.4 Å². The predicted molar refractivity (Wildman–Crippen MR) is 100 cm³/mol. The smallest absolute Gasteiger partial charge is 0.744 e. The average Bonchev–Trinajstić information content (AvgIpc) is 2.66. The number of methoxy groups -OCH3 is 1. The molecule has 0 fully saturated rings. The number of anilines is 1. The van der Waals surface area contributed by atoms with Crippen molar-refractivity contribution >= 4 is 43.6 Å². The molecule has 0 amide bonds. The number of benzene rings is 3. The molecule has 10 nitrogen and oxygen atoms in total. The zero-order valence-electron chi connectivity index (χ0n) is 15.4. The van der Waals surface area contributed by atoms with Crippen LogP contribution in [0.3, 0.4) is 0 Å². The van der Waals surface area contributed by atoms with E-state index in [1.807, 2.05) is 0 Å². The molecule has 2 N–H and O–H groups in total. The summed E-state index contributed by atoms with van der Waals surface area (Å²) >= 11 is 0. The van der Waals surface area contributed by atoms with Gasteiger partial charge in [0, 0.05) is 16.8 Å². The fraction of sp³-hybridized carbons (Fsp3) is 0.0588. The van der Waals surface area contributed by atoms with Crippen molar-refractivity contribution in [2.75, 3.05) is 12.8 Å². The molecule has 0 aliphatic carbocycles. The Morgan fingerprint density at radius 2 is 1.66 bits per heavy atom. The first-order valence-electron chi connectivity index (χ1n) is 7.73. The first-order chi connectivity index (χ1) is 13.2. The van der Waals surface area contributed by atoms with Crippen LogP contribution in [-0.2, 0) is 10.1 Å². The monoisotopic (exact) mass is 424 g/mol. The summed E-state index contributed by atoms with van der Waals surface area (Å²) in [5.74, 6) is 0.0916. The van der Waals surface area contributed by atoms with E-state index in [9.17, 15) is 23.1 Å². The molecule has 12 heteroatoms. The van der Waals surface area contributed by atoms with Crippen LogP contribution in [0.1, 0.15) is 0 Å². The third-order valence-electron chi connectivity index (χ3n) is 3.94. The molecular formula is C17H13N4NaO6S. The van der Waals surface area contributed by atoms with E-state index in [4.69, 9.17) is 10.5 Å². The molecule has 0 aromatic heterocycles. The molecule has 0 atom stereocenters. The van der Waals surface area contributed by atoms with Gasteiger partial charge in [-0.15, -0.1) is 10.2 Å². The molecule has 3 aromatic carbocycles. The van der Waals surface area contributed by atoms with E-state index in [1.54, 1.807) is 18.2 Å². The number of non-ortho nitro benzene ring substituents is 1. The molecule has 0 spiro atoms. The van der Waals surface area contributed by atoms with Gasteiger partial charge in [-0.3, -0.25) is 10.1 Å². The molecule has 0 heterocycles. The molecule has 0 saturated carbocycles. The maximum atomic E-state index is 11.6. The second kappa shape index (κ2) is 8.84. The molecular weight excluding hydrogens is 411 g/mol. The molecule has 0 radical (unpaired) electrons. The average molecular weight is 424 g/mol. The molecule has 0 bridgehead atoms. The van der Waals surface area contributed by atoms with Gasteiger partial charge in [0.05, 0.1) is 28.7 Å². The minimum Gasteiger partial charge on any atom is -0.744 e. The Balaban J connectivity index is 0.00000300. The van der Waals surface area contributed by atoms with E-state index in [0.717, 1.165) is 6.07 Å². The van der Waals surface area contributed by atoms with Gasteiger partial charge in [-0.25, -0.2) is 8.42 Å². The summed E-state index contributed by atoms with van der Waals surface area (Å²) in [4.78, 5) is 9.80. The number of nitro benzene ring substituents is 1. The summed E-state index contributed by atoms with van der Waals surface area (Å²) in [6.07, 6.45) is 0. The van der Waals surface area contributed by atoms with Crippen LogP contribution in [0, 0.1) is 10.1 Å². The normalized spacial score (nSPS) is 11.4. The Labute approximate surface area is 187 Å². The number of fused-ring (bicyclic) bond motifs is 1. The SMILES string of the molecule is COc1cc([N+](=O)[O-])ccc1N=Nc1cc(S(=O)(=O)[O-])c2ccccc2c1N.[Na+]. The fourth-order valence-electron chi connectivity index (χ4n) is 2.61. The third-order valence-corrected chi connectivity index (χ3v) is 4.81. The maximum Gasteiger partial charge on any atom is 1.00 e. The van der Waals surface area contributed by atoms with Crippen LogP contribution in [0.4, 0.5) is 22.7 Å². The molecule has 29 heavy (non-hydrogen) atoms. The minimum atomic E-state index is -4.79. The van der Waals surface area contributed by atoms with Crippen molar-refractivity contribution in [1.82, 2.24) is 0 Å². The molecule has 0 aliphatic heterocycles. The van der Waals surface area contributed by atoms with Gasteiger partial charge in [-0.05, 0) is 12.1 Å². The number of azo groups is 1. The summed E-state index contributed by atoms with van der Waals surface area (Å²) in [7, 11) is -3.48. The molecule has 3 aromatic rings. The largest absolute Gasteiger partial charge is 1.00 e. The number of ether oxygens (including phenoxy) is 1. The standard InChI is InChI=1S/C17H14N4O6S.Na/c1-27-15-8-10(21(22)23)6-7-13(15)19-20-14-9-16(28(24,25)26)11-4-2-3-5-12(11)17(14)18;/h2-9H,18H2,1H3,(H,24,25,26);/q;+1/p-1. The van der Waals surface area contributed by atoms with Crippen molar-refractivity contribution in [3.63, 3.8) is 0 Å². The van der Waals surface area contributed by atoms with Gasteiger partial charge in [-0.2, -0.15) is 0 Å². The summed E-state index contributed by atoms with van der Waals surface area (Å²) in [6, 6.07) is 11.0. The second-order valence-corrected chi connectivity index (χ2v) is 6.97. The molecule has 3 rings (SSSR count). The molecule has 0 saturated heterocycles. The Kier molecular flexibility index (Phi) is 6.93. The zero-order valence-corrected chi connectivity index (χ0v) is 18.2. The van der Waals surface area contributed by atoms with Crippen molar-refractivity contribution in [3.8, 4) is 5.75 Å². The van der Waals surface area contributed by atoms with E-state index in [2.05, 4.69) is 10.2 Å². The number of rotatable bonds is 5. The van der Waals surface area contributed by atoms with Gasteiger partial charge in [0.15, 0.2) is 5.75 Å². The molecule has 144 valence electrons. The van der Waals surface area contributed by atoms with Gasteiger partial charge in [0.25, 0.3) is 5.69 Å². The summed E-state index contributed by atoms with van der Waals surface area (Å²) in [5.41, 5.74) is 6.12. The topological polar surface area (TPSA) is 160 Å². The van der Waals surface area contributed by atoms with Crippen LogP contribution in [0.25, 0.3) is 10.8 Å². The maximum absolute atomic E-state index is 11.6. The first-order valence-corrected chi connectivity index (χ1v) is 9.14. The zero-order chi connectivity index (χ0) is 20.5. The summed E-state index contributed by atoms with van der Waals surface area (Å²) < 4.78 is 40.0. The minimum absolute atomic E-state index is 0. The van der Waals surface area contributed by atoms with Gasteiger partial charge >= 0.3 is 29.6 Å². The van der Waals surface area contributed by atoms with Gasteiger partial charge in [-0.1, -0.05) is 24.3 Å². The van der Waals surface area contributed by atoms with Crippen LogP contribution in [-0.4, -0.2) is 25.0 Å². The number of nitro groups is 1. The Hall–Kier alpha value is -2.57. The van der Waals surface area contributed by atoms with Crippen LogP contribution >= 0.6 is 0 Å². The Morgan fingerprint density at radius 1 is 1.03 bits per heavy atom. The molecule has 0 unspecified atom stereocenters. The number of hydrogen-bond acceptors (Lipinski definition) is 9. The first kappa shape index (κ1) is 22.7. The van der Waals surface area contributed by atoms with Crippen molar-refractivity contribution in [2.24, 2.45) is 10.2 Å². The van der Waals surface area contributed by atoms with Crippen molar-refractivity contribution in [1.29, 1.82) is 0 Å². The summed E-state index contributed by atoms with van der Waals surface area (Å²) in [5, 5.41) is 19.2. The third kappa shape index (κ3) is 4.71. The van der Waals surface area contributed by atoms with Crippen LogP contribution in [0.15, 0.2) is 63.7 Å². The number of hydrogen-bond donors (Lipinski definition) is 1. The fourth-order valence-corrected chi connectivity index (χ4v) is 3.31. The van der Waals surface area contributed by atoms with E-state index in [-0.39, 0.29) is 63.4 Å². The van der Waals surface area contributed by atoms with E-state index in [0.29, 0.717) is 5.39 Å². The molecule has 0 aliphatic rings. The second-order valence-electron chi connectivity index (χ2n) is 5.62. The Morgan fingerprint density at radius 3 is 2.24 bits per heavy atom. The van der Waals surface area contributed by atoms with Crippen molar-refractivity contribution in [2.45, 2.75) is 4.90 Å². The van der Waals surface area contributed by atoms with Crippen LogP contribution in [0.2, 0.25) is 0 Å². The quantitative estimate of drug-likeness (QED) is 0.157. The van der Waals surface area contributed by atoms with Gasteiger partial charge in [0.2, 0.25) is 0 Å². The van der Waals surface area contributed by atoms with Crippen LogP contribution < -0.4 is 40.0 Å². The Bertz CT molecular complexity index is 1230. The summed E-state index contributed by atoms with van der Waals surface area (Å²) in [6.45, 7) is 0. The van der Waals surface area contributed by atoms with Crippen molar-refractivity contribution in [3.05, 3.63) is 58.6 Å². The predicted octanol–water partition coefficient (Wildman–Crippen LogP) is 0.662. The van der Waals surface area contributed by atoms with Gasteiger partial charge in [0.1, 0.15) is 21.5 Å². The van der Waals surface area contributed by atoms with Crippen LogP contribution in [0.5, 0.6) is 5.75 Å². The van der Waals surface area contributed by atoms with Gasteiger partial charge < -0.3 is 15.0 Å². The van der Waals surface area contributed by atoms with Crippen molar-refractivity contribution < 1.29 is 52.2 Å².